The second kappa shape index (κ2) is 11.2. The monoisotopic (exact) mass is 679 g/mol. The van der Waals surface area contributed by atoms with Gasteiger partial charge < -0.3 is 0 Å². The molecule has 11 rings (SSSR count). The van der Waals surface area contributed by atoms with Crippen LogP contribution in [0.5, 0.6) is 0 Å². The fraction of sp³-hybridized carbons (Fsp3) is 0. The molecule has 0 bridgehead atoms. The third kappa shape index (κ3) is 4.21. The summed E-state index contributed by atoms with van der Waals surface area (Å²) in [6.45, 7) is 0. The summed E-state index contributed by atoms with van der Waals surface area (Å²) < 4.78 is 4.48. The van der Waals surface area contributed by atoms with E-state index in [0.29, 0.717) is 5.39 Å². The number of aromatic nitrogens is 1. The molecule has 0 spiro atoms. The van der Waals surface area contributed by atoms with Crippen LogP contribution in [-0.4, -0.2) is 4.57 Å². The molecule has 0 N–H and O–H groups in total. The van der Waals surface area contributed by atoms with Gasteiger partial charge in [0.2, 0.25) is 0 Å². The van der Waals surface area contributed by atoms with Gasteiger partial charge in [0.15, 0.2) is 0 Å². The zero-order valence-corrected chi connectivity index (χ0v) is 28.8. The van der Waals surface area contributed by atoms with Crippen LogP contribution in [0.1, 0.15) is 0 Å². The third-order valence-corrected chi connectivity index (χ3v) is 12.1. The molecule has 2 heterocycles. The molecule has 0 aliphatic carbocycles. The van der Waals surface area contributed by atoms with Gasteiger partial charge in [0.1, 0.15) is 0 Å². The number of thiophene rings is 1. The van der Waals surface area contributed by atoms with E-state index in [0.717, 1.165) is 32.9 Å². The molecule has 3 heteroatoms. The van der Waals surface area contributed by atoms with Crippen LogP contribution < -0.4 is 5.56 Å². The molecule has 2 nitrogen and oxygen atoms in total. The predicted molar refractivity (Wildman–Crippen MR) is 223 cm³/mol. The van der Waals surface area contributed by atoms with E-state index in [9.17, 15) is 4.79 Å². The number of hydrogen-bond donors (Lipinski definition) is 0. The Morgan fingerprint density at radius 2 is 0.846 bits per heavy atom. The highest BCUT2D eigenvalue weighted by atomic mass is 32.1. The van der Waals surface area contributed by atoms with E-state index in [1.807, 2.05) is 34.1 Å². The molecule has 2 aromatic heterocycles. The average Bonchev–Trinajstić information content (AvgIpc) is 3.61. The quantitative estimate of drug-likeness (QED) is 0.170. The van der Waals surface area contributed by atoms with Crippen LogP contribution in [0.4, 0.5) is 0 Å². The van der Waals surface area contributed by atoms with Crippen molar-refractivity contribution < 1.29 is 0 Å². The van der Waals surface area contributed by atoms with E-state index in [1.54, 1.807) is 0 Å². The van der Waals surface area contributed by atoms with Gasteiger partial charge in [-0.1, -0.05) is 146 Å². The number of pyridine rings is 1. The number of hydrogen-bond acceptors (Lipinski definition) is 2. The Kier molecular flexibility index (Phi) is 6.31. The van der Waals surface area contributed by atoms with Gasteiger partial charge in [-0.3, -0.25) is 9.36 Å². The van der Waals surface area contributed by atoms with Gasteiger partial charge in [-0.2, -0.15) is 0 Å². The van der Waals surface area contributed by atoms with Crippen molar-refractivity contribution in [3.8, 4) is 27.9 Å². The molecular formula is C49H29NOS. The summed E-state index contributed by atoms with van der Waals surface area (Å²) in [6.07, 6.45) is 0. The summed E-state index contributed by atoms with van der Waals surface area (Å²) >= 11 is 1.86. The lowest BCUT2D eigenvalue weighted by atomic mass is 9.94. The SMILES string of the molecule is O=c1c2ccccc2c2cc(-c3cccc4c3sc3c(-c5ccccc5)cccc34)ccc2n1-c1ccc2c3ccccc3c3ccccc3c2c1. The molecule has 242 valence electrons. The van der Waals surface area contributed by atoms with Crippen molar-refractivity contribution in [1.82, 2.24) is 4.57 Å². The van der Waals surface area contributed by atoms with Crippen LogP contribution in [0, 0.1) is 0 Å². The fourth-order valence-electron chi connectivity index (χ4n) is 8.43. The lowest BCUT2D eigenvalue weighted by Gasteiger charge is -2.17. The zero-order chi connectivity index (χ0) is 34.3. The molecule has 9 aromatic carbocycles. The molecule has 52 heavy (non-hydrogen) atoms. The summed E-state index contributed by atoms with van der Waals surface area (Å²) in [5, 5.41) is 12.5. The lowest BCUT2D eigenvalue weighted by molar-refractivity contribution is 1.06. The van der Waals surface area contributed by atoms with Crippen molar-refractivity contribution >= 4 is 85.5 Å². The normalized spacial score (nSPS) is 11.9. The first-order valence-electron chi connectivity index (χ1n) is 17.6. The molecule has 0 saturated carbocycles. The molecule has 0 unspecified atom stereocenters. The average molecular weight is 680 g/mol. The van der Waals surface area contributed by atoms with Crippen LogP contribution in [0.2, 0.25) is 0 Å². The Morgan fingerprint density at radius 3 is 1.48 bits per heavy atom. The summed E-state index contributed by atoms with van der Waals surface area (Å²) in [7, 11) is 0. The van der Waals surface area contributed by atoms with Crippen molar-refractivity contribution in [1.29, 1.82) is 0 Å². The van der Waals surface area contributed by atoms with E-state index in [-0.39, 0.29) is 5.56 Å². The topological polar surface area (TPSA) is 22.0 Å². The first-order chi connectivity index (χ1) is 25.7. The van der Waals surface area contributed by atoms with Crippen LogP contribution in [0.15, 0.2) is 181 Å². The summed E-state index contributed by atoms with van der Waals surface area (Å²) in [5.41, 5.74) is 6.57. The highest BCUT2D eigenvalue weighted by molar-refractivity contribution is 7.26. The van der Waals surface area contributed by atoms with E-state index < -0.39 is 0 Å². The van der Waals surface area contributed by atoms with Crippen LogP contribution in [0.3, 0.4) is 0 Å². The second-order valence-corrected chi connectivity index (χ2v) is 14.6. The molecule has 0 aliphatic rings. The maximum Gasteiger partial charge on any atom is 0.263 e. The molecule has 11 aromatic rings. The van der Waals surface area contributed by atoms with Crippen molar-refractivity contribution in [3.05, 3.63) is 186 Å². The minimum absolute atomic E-state index is 0.0136. The fourth-order valence-corrected chi connectivity index (χ4v) is 9.80. The standard InChI is InChI=1S/C49H29NOS/c51-49-43-19-9-8-18-39(43)45-28-31(34-21-11-23-42-41-22-10-20-33(47(41)52-48(34)42)30-12-2-1-3-13-30)24-27-46(45)50(49)32-25-26-40-37-16-5-4-14-35(37)36-15-6-7-17-38(36)44(40)29-32/h1-29H. The molecule has 0 aliphatic heterocycles. The van der Waals surface area contributed by atoms with Gasteiger partial charge in [-0.05, 0) is 90.3 Å². The highest BCUT2D eigenvalue weighted by Crippen LogP contribution is 2.44. The van der Waals surface area contributed by atoms with Crippen molar-refractivity contribution in [2.24, 2.45) is 0 Å². The third-order valence-electron chi connectivity index (χ3n) is 10.8. The Labute approximate surface area is 303 Å². The van der Waals surface area contributed by atoms with E-state index in [1.165, 1.54) is 63.8 Å². The molecule has 0 amide bonds. The van der Waals surface area contributed by atoms with Gasteiger partial charge >= 0.3 is 0 Å². The van der Waals surface area contributed by atoms with E-state index in [2.05, 4.69) is 158 Å². The Bertz CT molecular complexity index is 3280. The second-order valence-electron chi connectivity index (χ2n) is 13.6. The number of rotatable bonds is 3. The molecule has 0 fully saturated rings. The first kappa shape index (κ1) is 29.2. The van der Waals surface area contributed by atoms with Crippen LogP contribution in [-0.2, 0) is 0 Å². The first-order valence-corrected chi connectivity index (χ1v) is 18.5. The van der Waals surface area contributed by atoms with Crippen molar-refractivity contribution in [3.63, 3.8) is 0 Å². The van der Waals surface area contributed by atoms with Crippen LogP contribution >= 0.6 is 11.3 Å². The largest absolute Gasteiger partial charge is 0.276 e. The molecule has 0 radical (unpaired) electrons. The van der Waals surface area contributed by atoms with E-state index >= 15 is 0 Å². The minimum atomic E-state index is -0.0136. The molecule has 0 atom stereocenters. The van der Waals surface area contributed by atoms with Crippen molar-refractivity contribution in [2.75, 3.05) is 0 Å². The minimum Gasteiger partial charge on any atom is -0.276 e. The summed E-state index contributed by atoms with van der Waals surface area (Å²) in [5.74, 6) is 0. The van der Waals surface area contributed by atoms with E-state index in [4.69, 9.17) is 0 Å². The van der Waals surface area contributed by atoms with Crippen molar-refractivity contribution in [2.45, 2.75) is 0 Å². The summed E-state index contributed by atoms with van der Waals surface area (Å²) in [6, 6.07) is 62.3. The van der Waals surface area contributed by atoms with Gasteiger partial charge in [0, 0.05) is 36.6 Å². The number of fused-ring (bicyclic) bond motifs is 12. The maximum absolute atomic E-state index is 14.5. The van der Waals surface area contributed by atoms with Gasteiger partial charge in [0.05, 0.1) is 5.52 Å². The zero-order valence-electron chi connectivity index (χ0n) is 28.0. The van der Waals surface area contributed by atoms with Gasteiger partial charge in [-0.25, -0.2) is 0 Å². The Hall–Kier alpha value is -6.55. The number of nitrogens with zero attached hydrogens (tertiary/aromatic N) is 1. The predicted octanol–water partition coefficient (Wildman–Crippen LogP) is 13.3. The Balaban J connectivity index is 1.17. The van der Waals surface area contributed by atoms with Gasteiger partial charge in [-0.15, -0.1) is 11.3 Å². The number of benzene rings is 9. The maximum atomic E-state index is 14.5. The highest BCUT2D eigenvalue weighted by Gasteiger charge is 2.18. The lowest BCUT2D eigenvalue weighted by Crippen LogP contribution is -2.19. The summed E-state index contributed by atoms with van der Waals surface area (Å²) in [4.78, 5) is 14.5. The smallest absolute Gasteiger partial charge is 0.263 e. The Morgan fingerprint density at radius 1 is 0.346 bits per heavy atom. The van der Waals surface area contributed by atoms with Crippen LogP contribution in [0.25, 0.3) is 102 Å². The molecular weight excluding hydrogens is 651 g/mol. The molecule has 0 saturated heterocycles. The van der Waals surface area contributed by atoms with Gasteiger partial charge in [0.25, 0.3) is 5.56 Å².